The van der Waals surface area contributed by atoms with Crippen LogP contribution in [-0.2, 0) is 11.0 Å². The fourth-order valence-electron chi connectivity index (χ4n) is 1.73. The van der Waals surface area contributed by atoms with Gasteiger partial charge in [0.25, 0.3) is 5.82 Å². The number of ether oxygens (including phenoxy) is 1. The second-order valence-corrected chi connectivity index (χ2v) is 6.13. The van der Waals surface area contributed by atoms with Crippen LogP contribution in [0.5, 0.6) is 5.75 Å². The third-order valence-electron chi connectivity index (χ3n) is 2.92. The minimum absolute atomic E-state index is 0.0867. The van der Waals surface area contributed by atoms with Gasteiger partial charge in [-0.05, 0) is 31.2 Å². The van der Waals surface area contributed by atoms with Gasteiger partial charge in [0.2, 0.25) is 11.1 Å². The Hall–Kier alpha value is -2.57. The minimum Gasteiger partial charge on any atom is -0.435 e. The number of nitrogen functional groups attached to an aromatic ring is 1. The number of carbonyl (C=O) groups is 1. The first-order valence-corrected chi connectivity index (χ1v) is 7.76. The Morgan fingerprint density at radius 3 is 2.38 bits per heavy atom. The van der Waals surface area contributed by atoms with Gasteiger partial charge in [0.15, 0.2) is 0 Å². The van der Waals surface area contributed by atoms with Crippen LogP contribution in [0.3, 0.4) is 0 Å². The average molecular weight is 397 g/mol. The van der Waals surface area contributed by atoms with Crippen molar-refractivity contribution in [3.63, 3.8) is 0 Å². The molecule has 26 heavy (non-hydrogen) atoms. The highest BCUT2D eigenvalue weighted by molar-refractivity contribution is 8.00. The van der Waals surface area contributed by atoms with Gasteiger partial charge in [0.1, 0.15) is 5.75 Å². The zero-order valence-corrected chi connectivity index (χ0v) is 13.8. The van der Waals surface area contributed by atoms with Crippen LogP contribution in [-0.4, -0.2) is 32.6 Å². The van der Waals surface area contributed by atoms with Crippen molar-refractivity contribution in [1.82, 2.24) is 14.9 Å². The molecule has 7 nitrogen and oxygen atoms in total. The fourth-order valence-corrected chi connectivity index (χ4v) is 2.50. The average Bonchev–Trinajstić information content (AvgIpc) is 2.89. The Balaban J connectivity index is 1.99. The molecule has 3 N–H and O–H groups in total. The van der Waals surface area contributed by atoms with Crippen molar-refractivity contribution in [1.29, 1.82) is 0 Å². The number of nitrogens with zero attached hydrogens (tertiary/aromatic N) is 3. The van der Waals surface area contributed by atoms with E-state index in [4.69, 9.17) is 5.84 Å². The number of nitrogens with two attached hydrogens (primary N) is 1. The van der Waals surface area contributed by atoms with Crippen molar-refractivity contribution in [2.75, 3.05) is 11.2 Å². The molecule has 0 aliphatic carbocycles. The molecule has 142 valence electrons. The van der Waals surface area contributed by atoms with Crippen LogP contribution < -0.4 is 15.9 Å². The zero-order chi connectivity index (χ0) is 19.5. The fraction of sp³-hybridized carbons (Fsp3) is 0.308. The highest BCUT2D eigenvalue weighted by Gasteiger charge is 2.38. The number of amides is 1. The number of benzene rings is 1. The molecule has 0 bridgehead atoms. The van der Waals surface area contributed by atoms with Gasteiger partial charge in [0.05, 0.1) is 5.25 Å². The van der Waals surface area contributed by atoms with Crippen molar-refractivity contribution in [3.8, 4) is 5.75 Å². The van der Waals surface area contributed by atoms with Gasteiger partial charge in [-0.3, -0.25) is 4.79 Å². The molecule has 1 atom stereocenters. The lowest BCUT2D eigenvalue weighted by molar-refractivity contribution is -0.146. The van der Waals surface area contributed by atoms with Gasteiger partial charge in [-0.2, -0.15) is 22.0 Å². The molecule has 1 amide bonds. The predicted octanol–water partition coefficient (Wildman–Crippen LogP) is 2.73. The molecule has 13 heteroatoms. The van der Waals surface area contributed by atoms with E-state index < -0.39 is 29.8 Å². The monoisotopic (exact) mass is 397 g/mol. The van der Waals surface area contributed by atoms with Crippen molar-refractivity contribution < 1.29 is 31.5 Å². The van der Waals surface area contributed by atoms with E-state index in [-0.39, 0.29) is 21.3 Å². The molecule has 0 aliphatic heterocycles. The molecular weight excluding hydrogens is 385 g/mol. The SMILES string of the molecule is CC(Sc1nnc(C(F)(F)F)n1N)C(=O)Nc1ccc(OC(F)F)cc1. The summed E-state index contributed by atoms with van der Waals surface area (Å²) in [7, 11) is 0. The number of carbonyl (C=O) groups excluding carboxylic acids is 1. The number of hydrogen-bond acceptors (Lipinski definition) is 6. The van der Waals surface area contributed by atoms with Crippen LogP contribution in [0, 0.1) is 0 Å². The standard InChI is InChI=1S/C13H12F5N5O2S/c1-6(26-12-22-21-10(23(12)19)13(16,17)18)9(24)20-7-2-4-8(5-3-7)25-11(14)15/h2-6,11H,19H2,1H3,(H,20,24). The number of hydrogen-bond donors (Lipinski definition) is 2. The Kier molecular flexibility index (Phi) is 5.90. The number of alkyl halides is 5. The predicted molar refractivity (Wildman–Crippen MR) is 82.2 cm³/mol. The molecule has 0 fully saturated rings. The lowest BCUT2D eigenvalue weighted by atomic mass is 10.3. The van der Waals surface area contributed by atoms with Gasteiger partial charge >= 0.3 is 12.8 Å². The molecular formula is C13H12F5N5O2S. The van der Waals surface area contributed by atoms with E-state index in [1.165, 1.54) is 31.2 Å². The Bertz CT molecular complexity index is 765. The number of rotatable bonds is 6. The number of anilines is 1. The van der Waals surface area contributed by atoms with Crippen LogP contribution in [0.4, 0.5) is 27.6 Å². The first kappa shape index (κ1) is 19.8. The van der Waals surface area contributed by atoms with Gasteiger partial charge in [-0.1, -0.05) is 11.8 Å². The third-order valence-corrected chi connectivity index (χ3v) is 3.97. The Labute approximate surface area is 147 Å². The number of halogens is 5. The summed E-state index contributed by atoms with van der Waals surface area (Å²) in [6.07, 6.45) is -4.77. The lowest BCUT2D eigenvalue weighted by Gasteiger charge is -2.12. The summed E-state index contributed by atoms with van der Waals surface area (Å²) in [6, 6.07) is 5.12. The maximum absolute atomic E-state index is 12.6. The first-order valence-electron chi connectivity index (χ1n) is 6.88. The van der Waals surface area contributed by atoms with Gasteiger partial charge in [-0.15, -0.1) is 10.2 Å². The molecule has 0 saturated heterocycles. The zero-order valence-electron chi connectivity index (χ0n) is 13.0. The van der Waals surface area contributed by atoms with E-state index in [1.807, 2.05) is 0 Å². The van der Waals surface area contributed by atoms with Crippen molar-refractivity contribution >= 4 is 23.4 Å². The molecule has 2 rings (SSSR count). The second-order valence-electron chi connectivity index (χ2n) is 4.83. The van der Waals surface area contributed by atoms with Gasteiger partial charge in [0, 0.05) is 5.69 Å². The summed E-state index contributed by atoms with van der Waals surface area (Å²) in [5.41, 5.74) is 0.286. The molecule has 1 heterocycles. The van der Waals surface area contributed by atoms with E-state index >= 15 is 0 Å². The molecule has 0 saturated carbocycles. The van der Waals surface area contributed by atoms with Crippen LogP contribution in [0.1, 0.15) is 12.7 Å². The Morgan fingerprint density at radius 1 is 1.27 bits per heavy atom. The van der Waals surface area contributed by atoms with Crippen molar-refractivity contribution in [2.45, 2.75) is 30.1 Å². The summed E-state index contributed by atoms with van der Waals surface area (Å²) in [5.74, 6) is 3.26. The number of thioether (sulfide) groups is 1. The maximum Gasteiger partial charge on any atom is 0.453 e. The van der Waals surface area contributed by atoms with Crippen LogP contribution in [0.2, 0.25) is 0 Å². The second kappa shape index (κ2) is 7.76. The van der Waals surface area contributed by atoms with Crippen molar-refractivity contribution in [2.24, 2.45) is 0 Å². The highest BCUT2D eigenvalue weighted by atomic mass is 32.2. The van der Waals surface area contributed by atoms with Crippen LogP contribution in [0.25, 0.3) is 0 Å². The normalized spacial score (nSPS) is 12.9. The third kappa shape index (κ3) is 4.97. The summed E-state index contributed by atoms with van der Waals surface area (Å²) >= 11 is 0.675. The number of nitrogens with one attached hydrogen (secondary N) is 1. The van der Waals surface area contributed by atoms with E-state index in [9.17, 15) is 26.7 Å². The molecule has 1 aromatic carbocycles. The van der Waals surface area contributed by atoms with Crippen LogP contribution >= 0.6 is 11.8 Å². The van der Waals surface area contributed by atoms with Crippen LogP contribution in [0.15, 0.2) is 29.4 Å². The quantitative estimate of drug-likeness (QED) is 0.442. The summed E-state index contributed by atoms with van der Waals surface area (Å²) < 4.78 is 66.4. The van der Waals surface area contributed by atoms with E-state index in [0.29, 0.717) is 11.8 Å². The first-order chi connectivity index (χ1) is 12.1. The van der Waals surface area contributed by atoms with E-state index in [2.05, 4.69) is 20.3 Å². The molecule has 1 aromatic heterocycles. The van der Waals surface area contributed by atoms with E-state index in [0.717, 1.165) is 0 Å². The topological polar surface area (TPSA) is 95.1 Å². The van der Waals surface area contributed by atoms with E-state index in [1.54, 1.807) is 0 Å². The maximum atomic E-state index is 12.6. The molecule has 1 unspecified atom stereocenters. The summed E-state index contributed by atoms with van der Waals surface area (Å²) in [4.78, 5) is 12.1. The van der Waals surface area contributed by atoms with Crippen molar-refractivity contribution in [3.05, 3.63) is 30.1 Å². The largest absolute Gasteiger partial charge is 0.453 e. The molecule has 0 aliphatic rings. The van der Waals surface area contributed by atoms with Gasteiger partial charge in [-0.25, -0.2) is 4.68 Å². The van der Waals surface area contributed by atoms with Gasteiger partial charge < -0.3 is 15.9 Å². The molecule has 0 radical (unpaired) electrons. The smallest absolute Gasteiger partial charge is 0.435 e. The summed E-state index contributed by atoms with van der Waals surface area (Å²) in [6.45, 7) is -1.54. The molecule has 0 spiro atoms. The highest BCUT2D eigenvalue weighted by Crippen LogP contribution is 2.30. The summed E-state index contributed by atoms with van der Waals surface area (Å²) in [5, 5.41) is 7.59. The molecule has 2 aromatic rings. The minimum atomic E-state index is -4.77. The number of aromatic nitrogens is 3. The lowest BCUT2D eigenvalue weighted by Crippen LogP contribution is -2.25. The Morgan fingerprint density at radius 2 is 1.88 bits per heavy atom.